The first-order valence-electron chi connectivity index (χ1n) is 5.29. The lowest BCUT2D eigenvalue weighted by molar-refractivity contribution is 0.0996. The summed E-state index contributed by atoms with van der Waals surface area (Å²) < 4.78 is 0. The van der Waals surface area contributed by atoms with Crippen molar-refractivity contribution in [2.45, 2.75) is 19.8 Å². The smallest absolute Gasteiger partial charge is 0.177 e. The maximum absolute atomic E-state index is 12.0. The average molecular weight is 231 g/mol. The monoisotopic (exact) mass is 231 g/mol. The fourth-order valence-corrected chi connectivity index (χ4v) is 2.56. The predicted octanol–water partition coefficient (Wildman–Crippen LogP) is 3.13. The largest absolute Gasteiger partial charge is 0.293 e. The van der Waals surface area contributed by atoms with E-state index in [1.54, 1.807) is 12.4 Å². The van der Waals surface area contributed by atoms with Gasteiger partial charge in [-0.3, -0.25) is 9.78 Å². The number of ketones is 1. The van der Waals surface area contributed by atoms with Gasteiger partial charge in [-0.25, -0.2) is 0 Å². The summed E-state index contributed by atoms with van der Waals surface area (Å²) in [6.45, 7) is 2.07. The second-order valence-electron chi connectivity index (χ2n) is 3.58. The van der Waals surface area contributed by atoms with Crippen LogP contribution in [0.15, 0.2) is 36.0 Å². The lowest BCUT2D eigenvalue weighted by Crippen LogP contribution is -2.03. The number of pyridine rings is 1. The van der Waals surface area contributed by atoms with Gasteiger partial charge in [0, 0.05) is 18.8 Å². The molecular formula is C13H13NOS. The highest BCUT2D eigenvalue weighted by molar-refractivity contribution is 7.12. The number of aryl methyl sites for hydroxylation is 1. The van der Waals surface area contributed by atoms with Crippen LogP contribution in [0.2, 0.25) is 0 Å². The molecule has 0 unspecified atom stereocenters. The first kappa shape index (κ1) is 11.0. The van der Waals surface area contributed by atoms with E-state index in [9.17, 15) is 4.79 Å². The highest BCUT2D eigenvalue weighted by atomic mass is 32.1. The quantitative estimate of drug-likeness (QED) is 0.757. The lowest BCUT2D eigenvalue weighted by Gasteiger charge is -2.01. The topological polar surface area (TPSA) is 30.0 Å². The van der Waals surface area contributed by atoms with Crippen LogP contribution in [-0.4, -0.2) is 10.8 Å². The Morgan fingerprint density at radius 2 is 2.06 bits per heavy atom. The molecule has 2 nitrogen and oxygen atoms in total. The number of carbonyl (C=O) groups excluding carboxylic acids is 1. The summed E-state index contributed by atoms with van der Waals surface area (Å²) in [6.07, 6.45) is 4.83. The van der Waals surface area contributed by atoms with Crippen molar-refractivity contribution in [1.29, 1.82) is 0 Å². The van der Waals surface area contributed by atoms with Crippen molar-refractivity contribution in [1.82, 2.24) is 4.98 Å². The molecule has 0 spiro atoms. The molecule has 2 heterocycles. The Kier molecular flexibility index (Phi) is 3.47. The van der Waals surface area contributed by atoms with Crippen molar-refractivity contribution in [2.24, 2.45) is 0 Å². The van der Waals surface area contributed by atoms with Crippen molar-refractivity contribution >= 4 is 17.1 Å². The van der Waals surface area contributed by atoms with Crippen LogP contribution in [0, 0.1) is 0 Å². The second-order valence-corrected chi connectivity index (χ2v) is 4.50. The molecule has 82 valence electrons. The summed E-state index contributed by atoms with van der Waals surface area (Å²) in [4.78, 5) is 16.9. The van der Waals surface area contributed by atoms with Gasteiger partial charge in [0.15, 0.2) is 5.78 Å². The van der Waals surface area contributed by atoms with E-state index < -0.39 is 0 Å². The molecule has 0 N–H and O–H groups in total. The number of Topliss-reactive ketones (excluding diaryl/α,β-unsaturated/α-hetero) is 1. The molecule has 0 aliphatic rings. The minimum absolute atomic E-state index is 0.207. The van der Waals surface area contributed by atoms with Crippen LogP contribution in [-0.2, 0) is 12.8 Å². The lowest BCUT2D eigenvalue weighted by atomic mass is 10.1. The summed E-state index contributed by atoms with van der Waals surface area (Å²) in [5.74, 6) is 0.207. The maximum atomic E-state index is 12.0. The van der Waals surface area contributed by atoms with Crippen LogP contribution < -0.4 is 0 Å². The number of rotatable bonds is 4. The first-order valence-corrected chi connectivity index (χ1v) is 6.17. The molecule has 2 aromatic rings. The summed E-state index contributed by atoms with van der Waals surface area (Å²) in [5, 5.41) is 1.98. The number of hydrogen-bond donors (Lipinski definition) is 0. The highest BCUT2D eigenvalue weighted by Gasteiger charge is 2.12. The molecule has 0 aliphatic carbocycles. The van der Waals surface area contributed by atoms with Gasteiger partial charge in [0.05, 0.1) is 4.88 Å². The molecule has 0 saturated carbocycles. The van der Waals surface area contributed by atoms with E-state index in [0.29, 0.717) is 6.42 Å². The van der Waals surface area contributed by atoms with Crippen molar-refractivity contribution in [3.63, 3.8) is 0 Å². The predicted molar refractivity (Wildman–Crippen MR) is 66.0 cm³/mol. The Hall–Kier alpha value is -1.48. The molecule has 0 atom stereocenters. The van der Waals surface area contributed by atoms with E-state index in [0.717, 1.165) is 22.4 Å². The van der Waals surface area contributed by atoms with E-state index in [1.165, 1.54) is 11.3 Å². The fourth-order valence-electron chi connectivity index (χ4n) is 1.63. The molecule has 0 fully saturated rings. The zero-order chi connectivity index (χ0) is 11.4. The Morgan fingerprint density at radius 1 is 1.31 bits per heavy atom. The molecule has 0 aliphatic heterocycles. The molecule has 16 heavy (non-hydrogen) atoms. The minimum Gasteiger partial charge on any atom is -0.293 e. The number of carbonyl (C=O) groups is 1. The Bertz CT molecular complexity index is 476. The summed E-state index contributed by atoms with van der Waals surface area (Å²) >= 11 is 1.54. The van der Waals surface area contributed by atoms with Gasteiger partial charge in [0.1, 0.15) is 0 Å². The van der Waals surface area contributed by atoms with Gasteiger partial charge in [-0.1, -0.05) is 6.92 Å². The van der Waals surface area contributed by atoms with E-state index in [4.69, 9.17) is 0 Å². The van der Waals surface area contributed by atoms with E-state index in [1.807, 2.05) is 23.6 Å². The third-order valence-electron chi connectivity index (χ3n) is 2.49. The van der Waals surface area contributed by atoms with Crippen LogP contribution >= 0.6 is 11.3 Å². The minimum atomic E-state index is 0.207. The van der Waals surface area contributed by atoms with Crippen molar-refractivity contribution in [2.75, 3.05) is 0 Å². The molecule has 2 aromatic heterocycles. The van der Waals surface area contributed by atoms with E-state index in [2.05, 4.69) is 11.9 Å². The number of hydrogen-bond acceptors (Lipinski definition) is 3. The molecule has 0 radical (unpaired) electrons. The van der Waals surface area contributed by atoms with Crippen molar-refractivity contribution < 1.29 is 4.79 Å². The standard InChI is InChI=1S/C13H13NOS/c1-2-11-5-8-16-13(11)12(15)9-10-3-6-14-7-4-10/h3-8H,2,9H2,1H3. The molecule has 0 amide bonds. The van der Waals surface area contributed by atoms with Gasteiger partial charge >= 0.3 is 0 Å². The third-order valence-corrected chi connectivity index (χ3v) is 3.49. The second kappa shape index (κ2) is 5.03. The zero-order valence-corrected chi connectivity index (χ0v) is 9.96. The van der Waals surface area contributed by atoms with Gasteiger partial charge in [-0.2, -0.15) is 0 Å². The summed E-state index contributed by atoms with van der Waals surface area (Å²) in [5.41, 5.74) is 2.18. The van der Waals surface area contributed by atoms with Gasteiger partial charge < -0.3 is 0 Å². The molecule has 0 bridgehead atoms. The summed E-state index contributed by atoms with van der Waals surface area (Å²) in [7, 11) is 0. The third kappa shape index (κ3) is 2.36. The number of aromatic nitrogens is 1. The number of nitrogens with zero attached hydrogens (tertiary/aromatic N) is 1. The van der Waals surface area contributed by atoms with Crippen LogP contribution in [0.3, 0.4) is 0 Å². The first-order chi connectivity index (χ1) is 7.81. The van der Waals surface area contributed by atoms with Crippen molar-refractivity contribution in [3.8, 4) is 0 Å². The van der Waals surface area contributed by atoms with Crippen LogP contribution in [0.5, 0.6) is 0 Å². The number of thiophene rings is 1. The van der Waals surface area contributed by atoms with Crippen LogP contribution in [0.1, 0.15) is 27.7 Å². The average Bonchev–Trinajstić information content (AvgIpc) is 2.78. The molecule has 0 saturated heterocycles. The van der Waals surface area contributed by atoms with E-state index in [-0.39, 0.29) is 5.78 Å². The van der Waals surface area contributed by atoms with Gasteiger partial charge in [0.25, 0.3) is 0 Å². The normalized spacial score (nSPS) is 10.3. The molecule has 2 rings (SSSR count). The van der Waals surface area contributed by atoms with Crippen LogP contribution in [0.25, 0.3) is 0 Å². The van der Waals surface area contributed by atoms with Gasteiger partial charge in [0.2, 0.25) is 0 Å². The Balaban J connectivity index is 2.15. The SMILES string of the molecule is CCc1ccsc1C(=O)Cc1ccncc1. The maximum Gasteiger partial charge on any atom is 0.177 e. The zero-order valence-electron chi connectivity index (χ0n) is 9.14. The highest BCUT2D eigenvalue weighted by Crippen LogP contribution is 2.19. The van der Waals surface area contributed by atoms with Gasteiger partial charge in [-0.15, -0.1) is 11.3 Å². The molecule has 3 heteroatoms. The fraction of sp³-hybridized carbons (Fsp3) is 0.231. The Labute approximate surface area is 99.0 Å². The van der Waals surface area contributed by atoms with Gasteiger partial charge in [-0.05, 0) is 41.1 Å². The van der Waals surface area contributed by atoms with E-state index >= 15 is 0 Å². The van der Waals surface area contributed by atoms with Crippen LogP contribution in [0.4, 0.5) is 0 Å². The van der Waals surface area contributed by atoms with Crippen molar-refractivity contribution in [3.05, 3.63) is 52.0 Å². The molecular weight excluding hydrogens is 218 g/mol. The molecule has 0 aromatic carbocycles. The summed E-state index contributed by atoms with van der Waals surface area (Å²) in [6, 6.07) is 5.80. The Morgan fingerprint density at radius 3 is 2.75 bits per heavy atom.